The van der Waals surface area contributed by atoms with Crippen molar-refractivity contribution in [1.82, 2.24) is 9.55 Å². The zero-order chi connectivity index (χ0) is 15.4. The lowest BCUT2D eigenvalue weighted by Gasteiger charge is -2.30. The maximum atomic E-state index is 12.0. The third-order valence-electron chi connectivity index (χ3n) is 4.49. The fourth-order valence-corrected chi connectivity index (χ4v) is 5.09. The lowest BCUT2D eigenvalue weighted by molar-refractivity contribution is -0.0259. The van der Waals surface area contributed by atoms with Gasteiger partial charge in [0, 0.05) is 11.8 Å². The number of hydrogen-bond acceptors (Lipinski definition) is 6. The molecule has 0 bridgehead atoms. The van der Waals surface area contributed by atoms with Gasteiger partial charge < -0.3 is 15.3 Å². The number of thioether (sulfide) groups is 1. The fourth-order valence-electron chi connectivity index (χ4n) is 3.27. The number of hydrogen-bond donors (Lipinski definition) is 4. The van der Waals surface area contributed by atoms with Gasteiger partial charge >= 0.3 is 5.69 Å². The number of aliphatic hydroxyl groups is 3. The normalized spacial score (nSPS) is 39.2. The second kappa shape index (κ2) is 4.98. The van der Waals surface area contributed by atoms with Crippen molar-refractivity contribution in [2.24, 2.45) is 0 Å². The van der Waals surface area contributed by atoms with Crippen molar-refractivity contribution in [3.8, 4) is 0 Å². The highest BCUT2D eigenvalue weighted by Crippen LogP contribution is 2.56. The van der Waals surface area contributed by atoms with Crippen molar-refractivity contribution >= 4 is 11.8 Å². The van der Waals surface area contributed by atoms with E-state index >= 15 is 0 Å². The monoisotopic (exact) mass is 314 g/mol. The molecule has 2 heterocycles. The molecule has 4 N–H and O–H groups in total. The van der Waals surface area contributed by atoms with E-state index in [9.17, 15) is 24.9 Å². The quantitative estimate of drug-likeness (QED) is 0.534. The maximum absolute atomic E-state index is 12.0. The third-order valence-corrected chi connectivity index (χ3v) is 6.39. The summed E-state index contributed by atoms with van der Waals surface area (Å²) in [5, 5.41) is 30.1. The Hall–Kier alpha value is -1.09. The molecule has 0 aromatic carbocycles. The van der Waals surface area contributed by atoms with Gasteiger partial charge in [0.15, 0.2) is 0 Å². The lowest BCUT2D eigenvalue weighted by atomic mass is 9.94. The number of aromatic amines is 1. The maximum Gasteiger partial charge on any atom is 0.329 e. The van der Waals surface area contributed by atoms with E-state index in [4.69, 9.17) is 0 Å². The number of H-pyrrole nitrogens is 1. The van der Waals surface area contributed by atoms with Gasteiger partial charge in [-0.05, 0) is 26.2 Å². The molecule has 3 rings (SSSR count). The van der Waals surface area contributed by atoms with E-state index in [1.54, 1.807) is 6.92 Å². The zero-order valence-electron chi connectivity index (χ0n) is 11.5. The minimum absolute atomic E-state index is 0.352. The summed E-state index contributed by atoms with van der Waals surface area (Å²) in [6, 6.07) is 0. The molecular weight excluding hydrogens is 296 g/mol. The molecule has 1 aliphatic carbocycles. The molecular formula is C13H18N2O5S. The molecule has 0 radical (unpaired) electrons. The Kier molecular flexibility index (Phi) is 3.52. The van der Waals surface area contributed by atoms with Crippen LogP contribution < -0.4 is 11.2 Å². The Morgan fingerprint density at radius 3 is 2.71 bits per heavy atom. The van der Waals surface area contributed by atoms with Gasteiger partial charge in [0.1, 0.15) is 11.5 Å². The Morgan fingerprint density at radius 1 is 1.38 bits per heavy atom. The molecule has 21 heavy (non-hydrogen) atoms. The van der Waals surface area contributed by atoms with E-state index in [1.165, 1.54) is 22.5 Å². The largest absolute Gasteiger partial charge is 0.392 e. The number of aryl methyl sites for hydroxylation is 1. The van der Waals surface area contributed by atoms with Crippen LogP contribution in [0.3, 0.4) is 0 Å². The van der Waals surface area contributed by atoms with Gasteiger partial charge in [-0.25, -0.2) is 4.79 Å². The van der Waals surface area contributed by atoms with Crippen LogP contribution in [0.4, 0.5) is 0 Å². The zero-order valence-corrected chi connectivity index (χ0v) is 12.3. The highest BCUT2D eigenvalue weighted by Gasteiger charge is 2.59. The molecule has 1 spiro atoms. The average Bonchev–Trinajstić information content (AvgIpc) is 2.91. The Bertz CT molecular complexity index is 671. The van der Waals surface area contributed by atoms with Crippen molar-refractivity contribution in [3.63, 3.8) is 0 Å². The molecule has 2 aliphatic rings. The van der Waals surface area contributed by atoms with Crippen molar-refractivity contribution in [2.45, 2.75) is 54.6 Å². The highest BCUT2D eigenvalue weighted by molar-refractivity contribution is 8.01. The Labute approximate surface area is 124 Å². The van der Waals surface area contributed by atoms with Crippen LogP contribution in [0, 0.1) is 6.92 Å². The van der Waals surface area contributed by atoms with Crippen LogP contribution in [0.15, 0.2) is 15.8 Å². The van der Waals surface area contributed by atoms with Crippen molar-refractivity contribution in [3.05, 3.63) is 32.6 Å². The molecule has 1 aromatic heterocycles. The van der Waals surface area contributed by atoms with Crippen LogP contribution in [0.25, 0.3) is 0 Å². The molecule has 1 saturated carbocycles. The molecule has 2 fully saturated rings. The van der Waals surface area contributed by atoms with E-state index in [0.717, 1.165) is 6.42 Å². The van der Waals surface area contributed by atoms with Crippen LogP contribution in [0.1, 0.15) is 30.2 Å². The number of rotatable bonds is 1. The van der Waals surface area contributed by atoms with Crippen LogP contribution in [0.5, 0.6) is 0 Å². The number of nitrogens with one attached hydrogen (secondary N) is 1. The fraction of sp³-hybridized carbons (Fsp3) is 0.692. The predicted molar refractivity (Wildman–Crippen MR) is 77.3 cm³/mol. The van der Waals surface area contributed by atoms with Crippen LogP contribution in [-0.4, -0.2) is 47.9 Å². The molecule has 7 nitrogen and oxygen atoms in total. The molecule has 1 aliphatic heterocycles. The predicted octanol–water partition coefficient (Wildman–Crippen LogP) is -0.904. The molecule has 8 heteroatoms. The topological polar surface area (TPSA) is 116 Å². The number of nitrogens with zero attached hydrogens (tertiary/aromatic N) is 1. The first-order chi connectivity index (χ1) is 9.86. The standard InChI is InChI=1S/C13H18N2O5S/c1-6-5-15(12(20)14-10(6)19)11-8(17)9(18)13(21-11)4-2-3-7(13)16/h5,7-9,11,16-18H,2-4H2,1H3,(H,14,19,20)/t7-,8-,9+,11-,13?/m1/s1. The van der Waals surface area contributed by atoms with E-state index < -0.39 is 39.7 Å². The van der Waals surface area contributed by atoms with Gasteiger partial charge in [-0.1, -0.05) is 0 Å². The molecule has 116 valence electrons. The summed E-state index contributed by atoms with van der Waals surface area (Å²) in [6.45, 7) is 1.57. The van der Waals surface area contributed by atoms with Crippen LogP contribution in [-0.2, 0) is 0 Å². The van der Waals surface area contributed by atoms with Gasteiger partial charge in [-0.15, -0.1) is 11.8 Å². The van der Waals surface area contributed by atoms with E-state index in [2.05, 4.69) is 4.98 Å². The van der Waals surface area contributed by atoms with Crippen molar-refractivity contribution in [1.29, 1.82) is 0 Å². The summed E-state index contributed by atoms with van der Waals surface area (Å²) in [5.41, 5.74) is -0.742. The molecule has 5 atom stereocenters. The first kappa shape index (κ1) is 14.8. The second-order valence-corrected chi connectivity index (χ2v) is 7.26. The van der Waals surface area contributed by atoms with E-state index in [0.29, 0.717) is 18.4 Å². The lowest BCUT2D eigenvalue weighted by Crippen LogP contribution is -2.46. The van der Waals surface area contributed by atoms with Gasteiger partial charge in [-0.2, -0.15) is 0 Å². The van der Waals surface area contributed by atoms with Crippen molar-refractivity contribution < 1.29 is 15.3 Å². The van der Waals surface area contributed by atoms with E-state index in [-0.39, 0.29) is 0 Å². The summed E-state index contributed by atoms with van der Waals surface area (Å²) in [7, 11) is 0. The number of aliphatic hydroxyl groups excluding tert-OH is 3. The minimum Gasteiger partial charge on any atom is -0.392 e. The Balaban J connectivity index is 2.03. The SMILES string of the molecule is Cc1cn([C@@H]2SC3(CCC[C@H]3O)[C@@H](O)[C@H]2O)c(=O)[nH]c1=O. The van der Waals surface area contributed by atoms with Crippen LogP contribution in [0.2, 0.25) is 0 Å². The van der Waals surface area contributed by atoms with Gasteiger partial charge in [0.2, 0.25) is 0 Å². The summed E-state index contributed by atoms with van der Waals surface area (Å²) in [5.74, 6) is 0. The summed E-state index contributed by atoms with van der Waals surface area (Å²) < 4.78 is 0.392. The molecule has 1 unspecified atom stereocenters. The smallest absolute Gasteiger partial charge is 0.329 e. The first-order valence-electron chi connectivity index (χ1n) is 6.91. The molecule has 0 amide bonds. The van der Waals surface area contributed by atoms with Crippen molar-refractivity contribution in [2.75, 3.05) is 0 Å². The van der Waals surface area contributed by atoms with Gasteiger partial charge in [0.05, 0.1) is 17.0 Å². The average molecular weight is 314 g/mol. The summed E-state index contributed by atoms with van der Waals surface area (Å²) in [6.07, 6.45) is 0.319. The highest BCUT2D eigenvalue weighted by atomic mass is 32.2. The minimum atomic E-state index is -1.18. The first-order valence-corrected chi connectivity index (χ1v) is 7.79. The second-order valence-electron chi connectivity index (χ2n) is 5.79. The summed E-state index contributed by atoms with van der Waals surface area (Å²) in [4.78, 5) is 25.6. The molecule has 1 aromatic rings. The summed E-state index contributed by atoms with van der Waals surface area (Å²) >= 11 is 1.22. The molecule has 1 saturated heterocycles. The van der Waals surface area contributed by atoms with Gasteiger partial charge in [-0.3, -0.25) is 14.3 Å². The van der Waals surface area contributed by atoms with Crippen LogP contribution >= 0.6 is 11.8 Å². The Morgan fingerprint density at radius 2 is 2.10 bits per heavy atom. The number of aromatic nitrogens is 2. The third kappa shape index (κ3) is 2.09. The van der Waals surface area contributed by atoms with Gasteiger partial charge in [0.25, 0.3) is 5.56 Å². The van der Waals surface area contributed by atoms with E-state index in [1.807, 2.05) is 0 Å².